The molecule has 4 rings (SSSR count). The Morgan fingerprint density at radius 2 is 0.789 bits per heavy atom. The number of hydrogen-bond donors (Lipinski definition) is 0. The fraction of sp³-hybridized carbons (Fsp3) is 0. The second-order valence-electron chi connectivity index (χ2n) is 7.53. The van der Waals surface area contributed by atoms with Crippen LogP contribution in [0, 0.1) is 40.5 Å². The molecule has 0 saturated heterocycles. The predicted octanol–water partition coefficient (Wildman–Crippen LogP) is 6.57. The van der Waals surface area contributed by atoms with E-state index in [0.717, 1.165) is 24.3 Å². The first-order chi connectivity index (χ1) is 18.2. The van der Waals surface area contributed by atoms with E-state index in [1.165, 1.54) is 12.1 Å². The highest BCUT2D eigenvalue weighted by Crippen LogP contribution is 2.42. The molecule has 0 aliphatic heterocycles. The summed E-state index contributed by atoms with van der Waals surface area (Å²) in [7, 11) is 0. The summed E-state index contributed by atoms with van der Waals surface area (Å²) in [4.78, 5) is 41.3. The minimum Gasteiger partial charge on any atom is -0.456 e. The Hall–Kier alpha value is -5.92. The van der Waals surface area contributed by atoms with Gasteiger partial charge >= 0.3 is 22.7 Å². The van der Waals surface area contributed by atoms with Gasteiger partial charge in [0.05, 0.1) is 31.8 Å². The monoisotopic (exact) mass is 518 g/mol. The number of nitrogens with zero attached hydrogens (tertiary/aromatic N) is 4. The van der Waals surface area contributed by atoms with Crippen LogP contribution in [0.3, 0.4) is 0 Å². The number of hydrogen-bond acceptors (Lipinski definition) is 10. The van der Waals surface area contributed by atoms with Gasteiger partial charge < -0.3 is 9.47 Å². The van der Waals surface area contributed by atoms with E-state index in [1.54, 1.807) is 48.5 Å². The Balaban J connectivity index is 1.72. The second kappa shape index (κ2) is 10.4. The van der Waals surface area contributed by atoms with Crippen molar-refractivity contribution in [2.45, 2.75) is 0 Å². The SMILES string of the molecule is O=[N+]([O-])c1ccc(Oc2ccccc2-c2ccccc2Oc2ccc([N+](=O)[O-])c([N+](=O)[O-])c2)cc1[N+](=O)[O-]. The highest BCUT2D eigenvalue weighted by molar-refractivity contribution is 5.76. The molecule has 0 N–H and O–H groups in total. The molecule has 14 heteroatoms. The smallest absolute Gasteiger partial charge is 0.349 e. The Kier molecular flexibility index (Phi) is 6.87. The van der Waals surface area contributed by atoms with Gasteiger partial charge in [-0.3, -0.25) is 40.5 Å². The molecule has 0 aliphatic rings. The van der Waals surface area contributed by atoms with Crippen LogP contribution in [0.25, 0.3) is 11.1 Å². The lowest BCUT2D eigenvalue weighted by Gasteiger charge is -2.15. The van der Waals surface area contributed by atoms with Crippen molar-refractivity contribution in [2.75, 3.05) is 0 Å². The highest BCUT2D eigenvalue weighted by Gasteiger charge is 2.26. The zero-order valence-electron chi connectivity index (χ0n) is 19.0. The van der Waals surface area contributed by atoms with E-state index in [0.29, 0.717) is 11.1 Å². The van der Waals surface area contributed by atoms with Crippen LogP contribution in [-0.2, 0) is 0 Å². The van der Waals surface area contributed by atoms with Crippen molar-refractivity contribution in [1.82, 2.24) is 0 Å². The number of rotatable bonds is 9. The third-order valence-corrected chi connectivity index (χ3v) is 5.20. The van der Waals surface area contributed by atoms with Crippen molar-refractivity contribution in [3.63, 3.8) is 0 Å². The standard InChI is InChI=1S/C24H14N4O10/c29-25(30)19-11-9-15(13-21(19)27(33)34)37-23-7-3-1-5-17(23)18-6-2-4-8-24(18)38-16-10-12-20(26(31)32)22(14-16)28(35)36/h1-14H. The number of nitro benzene ring substituents is 4. The number of ether oxygens (including phenoxy) is 2. The third kappa shape index (κ3) is 5.18. The summed E-state index contributed by atoms with van der Waals surface area (Å²) in [5.41, 5.74) is -1.94. The van der Waals surface area contributed by atoms with E-state index in [4.69, 9.17) is 9.47 Å². The van der Waals surface area contributed by atoms with Crippen LogP contribution in [0.5, 0.6) is 23.0 Å². The summed E-state index contributed by atoms with van der Waals surface area (Å²) in [5, 5.41) is 44.8. The van der Waals surface area contributed by atoms with E-state index < -0.39 is 42.4 Å². The molecule has 0 aliphatic carbocycles. The van der Waals surface area contributed by atoms with Crippen molar-refractivity contribution >= 4 is 22.7 Å². The van der Waals surface area contributed by atoms with Crippen molar-refractivity contribution in [2.24, 2.45) is 0 Å². The molecule has 0 heterocycles. The van der Waals surface area contributed by atoms with Gasteiger partial charge in [0.2, 0.25) is 0 Å². The molecular weight excluding hydrogens is 504 g/mol. The predicted molar refractivity (Wildman–Crippen MR) is 132 cm³/mol. The summed E-state index contributed by atoms with van der Waals surface area (Å²) in [6, 6.07) is 19.4. The molecule has 0 radical (unpaired) electrons. The maximum absolute atomic E-state index is 11.3. The topological polar surface area (TPSA) is 191 Å². The van der Waals surface area contributed by atoms with E-state index in [1.807, 2.05) is 0 Å². The Labute approximate surface area is 211 Å². The van der Waals surface area contributed by atoms with Gasteiger partial charge in [0.15, 0.2) is 0 Å². The fourth-order valence-corrected chi connectivity index (χ4v) is 3.54. The number of benzene rings is 4. The van der Waals surface area contributed by atoms with Gasteiger partial charge in [-0.05, 0) is 24.3 Å². The minimum atomic E-state index is -0.885. The van der Waals surface area contributed by atoms with E-state index in [9.17, 15) is 40.5 Å². The first kappa shape index (κ1) is 25.2. The number of nitro groups is 4. The first-order valence-electron chi connectivity index (χ1n) is 10.6. The number of para-hydroxylation sites is 2. The average Bonchev–Trinajstić information content (AvgIpc) is 2.89. The van der Waals surface area contributed by atoms with Crippen LogP contribution >= 0.6 is 0 Å². The first-order valence-corrected chi connectivity index (χ1v) is 10.6. The van der Waals surface area contributed by atoms with Crippen molar-refractivity contribution < 1.29 is 29.2 Å². The molecule has 0 aromatic heterocycles. The summed E-state index contributed by atoms with van der Waals surface area (Å²) in [6.07, 6.45) is 0. The largest absolute Gasteiger partial charge is 0.456 e. The maximum Gasteiger partial charge on any atom is 0.349 e. The van der Waals surface area contributed by atoms with Gasteiger partial charge in [-0.15, -0.1) is 0 Å². The molecular formula is C24H14N4O10. The molecule has 0 fully saturated rings. The van der Waals surface area contributed by atoms with E-state index in [-0.39, 0.29) is 23.0 Å². The molecule has 4 aromatic carbocycles. The van der Waals surface area contributed by atoms with E-state index in [2.05, 4.69) is 0 Å². The molecule has 0 bridgehead atoms. The Bertz CT molecular complexity index is 1490. The van der Waals surface area contributed by atoms with Crippen LogP contribution in [-0.4, -0.2) is 19.7 Å². The molecule has 38 heavy (non-hydrogen) atoms. The Morgan fingerprint density at radius 1 is 0.447 bits per heavy atom. The average molecular weight is 518 g/mol. The second-order valence-corrected chi connectivity index (χ2v) is 7.53. The lowest BCUT2D eigenvalue weighted by molar-refractivity contribution is -0.422. The lowest BCUT2D eigenvalue weighted by atomic mass is 10.0. The van der Waals surface area contributed by atoms with Crippen LogP contribution in [0.1, 0.15) is 0 Å². The third-order valence-electron chi connectivity index (χ3n) is 5.20. The summed E-state index contributed by atoms with van der Waals surface area (Å²) in [5.74, 6) is 0.390. The molecule has 0 atom stereocenters. The molecule has 0 saturated carbocycles. The molecule has 4 aromatic rings. The van der Waals surface area contributed by atoms with Gasteiger partial charge in [0.1, 0.15) is 23.0 Å². The van der Waals surface area contributed by atoms with Crippen LogP contribution in [0.2, 0.25) is 0 Å². The molecule has 0 amide bonds. The fourth-order valence-electron chi connectivity index (χ4n) is 3.54. The van der Waals surface area contributed by atoms with Gasteiger partial charge in [0.25, 0.3) is 0 Å². The quantitative estimate of drug-likeness (QED) is 0.173. The van der Waals surface area contributed by atoms with Gasteiger partial charge in [-0.1, -0.05) is 36.4 Å². The summed E-state index contributed by atoms with van der Waals surface area (Å²) >= 11 is 0. The summed E-state index contributed by atoms with van der Waals surface area (Å²) < 4.78 is 11.7. The summed E-state index contributed by atoms with van der Waals surface area (Å²) in [6.45, 7) is 0. The van der Waals surface area contributed by atoms with Crippen LogP contribution in [0.4, 0.5) is 22.7 Å². The molecule has 190 valence electrons. The lowest BCUT2D eigenvalue weighted by Crippen LogP contribution is -1.98. The molecule has 0 spiro atoms. The Morgan fingerprint density at radius 3 is 1.13 bits per heavy atom. The van der Waals surface area contributed by atoms with Gasteiger partial charge in [-0.25, -0.2) is 0 Å². The molecule has 0 unspecified atom stereocenters. The minimum absolute atomic E-state index is 0.0286. The van der Waals surface area contributed by atoms with Crippen molar-refractivity contribution in [3.8, 4) is 34.1 Å². The zero-order valence-corrected chi connectivity index (χ0v) is 19.0. The van der Waals surface area contributed by atoms with Crippen molar-refractivity contribution in [1.29, 1.82) is 0 Å². The zero-order chi connectivity index (χ0) is 27.4. The molecule has 14 nitrogen and oxygen atoms in total. The van der Waals surface area contributed by atoms with Crippen LogP contribution in [0.15, 0.2) is 84.9 Å². The normalized spacial score (nSPS) is 10.4. The van der Waals surface area contributed by atoms with E-state index >= 15 is 0 Å². The van der Waals surface area contributed by atoms with Crippen LogP contribution < -0.4 is 9.47 Å². The van der Waals surface area contributed by atoms with Gasteiger partial charge in [0, 0.05) is 23.3 Å². The maximum atomic E-state index is 11.3. The van der Waals surface area contributed by atoms with Gasteiger partial charge in [-0.2, -0.15) is 0 Å². The van der Waals surface area contributed by atoms with Crippen molar-refractivity contribution in [3.05, 3.63) is 125 Å². The highest BCUT2D eigenvalue weighted by atomic mass is 16.6.